The van der Waals surface area contributed by atoms with Gasteiger partial charge in [0.25, 0.3) is 0 Å². The molecule has 1 atom stereocenters. The van der Waals surface area contributed by atoms with E-state index in [2.05, 4.69) is 27.3 Å². The molecule has 0 unspecified atom stereocenters. The number of rotatable bonds is 6. The summed E-state index contributed by atoms with van der Waals surface area (Å²) in [6, 6.07) is 3.94. The Labute approximate surface area is 108 Å². The number of nitrogens with one attached hydrogen (secondary N) is 1. The molecule has 0 saturated carbocycles. The summed E-state index contributed by atoms with van der Waals surface area (Å²) in [5, 5.41) is 11.5. The summed E-state index contributed by atoms with van der Waals surface area (Å²) < 4.78 is 1.13. The lowest BCUT2D eigenvalue weighted by Gasteiger charge is -2.10. The molecule has 0 aliphatic carbocycles. The molecule has 1 aromatic rings. The van der Waals surface area contributed by atoms with Crippen LogP contribution in [0.15, 0.2) is 15.9 Å². The van der Waals surface area contributed by atoms with E-state index in [-0.39, 0.29) is 18.6 Å². The van der Waals surface area contributed by atoms with Gasteiger partial charge in [-0.1, -0.05) is 0 Å². The Bertz CT molecular complexity index is 340. The lowest BCUT2D eigenvalue weighted by atomic mass is 10.2. The van der Waals surface area contributed by atoms with Crippen LogP contribution in [-0.2, 0) is 11.2 Å². The van der Waals surface area contributed by atoms with Crippen molar-refractivity contribution in [1.29, 1.82) is 0 Å². The minimum Gasteiger partial charge on any atom is -0.394 e. The van der Waals surface area contributed by atoms with Crippen molar-refractivity contribution in [3.63, 3.8) is 0 Å². The molecular weight excluding hydrogens is 290 g/mol. The van der Waals surface area contributed by atoms with E-state index in [9.17, 15) is 4.79 Å². The van der Waals surface area contributed by atoms with Gasteiger partial charge in [0.2, 0.25) is 5.91 Å². The molecule has 1 heterocycles. The number of halogens is 1. The average Bonchev–Trinajstić information content (AvgIpc) is 2.64. The van der Waals surface area contributed by atoms with Crippen molar-refractivity contribution in [2.24, 2.45) is 0 Å². The number of hydrogen-bond donors (Lipinski definition) is 2. The normalized spacial score (nSPS) is 12.4. The maximum Gasteiger partial charge on any atom is 0.220 e. The fourth-order valence-electron chi connectivity index (χ4n) is 1.30. The molecule has 0 aliphatic heterocycles. The Hall–Kier alpha value is -0.390. The molecule has 5 heteroatoms. The Balaban J connectivity index is 2.18. The molecular formula is C11H16BrNO2S. The van der Waals surface area contributed by atoms with Gasteiger partial charge in [0.05, 0.1) is 10.4 Å². The zero-order valence-corrected chi connectivity index (χ0v) is 11.6. The maximum absolute atomic E-state index is 11.4. The highest BCUT2D eigenvalue weighted by Crippen LogP contribution is 2.23. The summed E-state index contributed by atoms with van der Waals surface area (Å²) in [5.41, 5.74) is 0. The maximum atomic E-state index is 11.4. The number of aliphatic hydroxyl groups excluding tert-OH is 1. The molecule has 0 aromatic carbocycles. The smallest absolute Gasteiger partial charge is 0.220 e. The number of amides is 1. The van der Waals surface area contributed by atoms with Crippen molar-refractivity contribution < 1.29 is 9.90 Å². The van der Waals surface area contributed by atoms with E-state index in [1.165, 1.54) is 4.88 Å². The van der Waals surface area contributed by atoms with E-state index < -0.39 is 0 Å². The zero-order valence-electron chi connectivity index (χ0n) is 9.20. The molecule has 1 amide bonds. The van der Waals surface area contributed by atoms with Crippen molar-refractivity contribution in [3.05, 3.63) is 20.8 Å². The van der Waals surface area contributed by atoms with Crippen LogP contribution in [0.5, 0.6) is 0 Å². The summed E-state index contributed by atoms with van der Waals surface area (Å²) in [4.78, 5) is 12.7. The van der Waals surface area contributed by atoms with E-state index in [4.69, 9.17) is 5.11 Å². The van der Waals surface area contributed by atoms with Gasteiger partial charge in [-0.2, -0.15) is 0 Å². The van der Waals surface area contributed by atoms with Crippen LogP contribution in [0.4, 0.5) is 0 Å². The molecule has 0 aliphatic rings. The van der Waals surface area contributed by atoms with Gasteiger partial charge in [0.1, 0.15) is 0 Å². The second kappa shape index (κ2) is 7.04. The van der Waals surface area contributed by atoms with E-state index >= 15 is 0 Å². The summed E-state index contributed by atoms with van der Waals surface area (Å²) in [6.45, 7) is 1.78. The van der Waals surface area contributed by atoms with Gasteiger partial charge < -0.3 is 10.4 Å². The number of carbonyl (C=O) groups is 1. The fraction of sp³-hybridized carbons (Fsp3) is 0.545. The van der Waals surface area contributed by atoms with Crippen LogP contribution in [0, 0.1) is 0 Å². The highest BCUT2D eigenvalue weighted by atomic mass is 79.9. The van der Waals surface area contributed by atoms with Crippen LogP contribution in [0.2, 0.25) is 0 Å². The standard InChI is InChI=1S/C11H16BrNO2S/c1-8(7-14)13-11(15)4-2-3-9-5-6-10(12)16-9/h5-6,8,14H,2-4,7H2,1H3,(H,13,15)/t8-/m0/s1. The van der Waals surface area contributed by atoms with E-state index in [1.807, 2.05) is 6.07 Å². The van der Waals surface area contributed by atoms with Crippen molar-refractivity contribution in [1.82, 2.24) is 5.32 Å². The number of thiophene rings is 1. The first kappa shape index (κ1) is 13.7. The first-order valence-electron chi connectivity index (χ1n) is 5.26. The van der Waals surface area contributed by atoms with Crippen LogP contribution in [0.3, 0.4) is 0 Å². The largest absolute Gasteiger partial charge is 0.394 e. The molecule has 0 bridgehead atoms. The third-order valence-corrected chi connectivity index (χ3v) is 3.82. The second-order valence-corrected chi connectivity index (χ2v) is 6.26. The number of hydrogen-bond acceptors (Lipinski definition) is 3. The molecule has 0 radical (unpaired) electrons. The molecule has 16 heavy (non-hydrogen) atoms. The van der Waals surface area contributed by atoms with E-state index in [0.29, 0.717) is 6.42 Å². The molecule has 2 N–H and O–H groups in total. The number of carbonyl (C=O) groups excluding carboxylic acids is 1. The molecule has 1 aromatic heterocycles. The predicted octanol–water partition coefficient (Wildman–Crippen LogP) is 2.33. The highest BCUT2D eigenvalue weighted by molar-refractivity contribution is 9.11. The topological polar surface area (TPSA) is 49.3 Å². The second-order valence-electron chi connectivity index (χ2n) is 3.71. The van der Waals surface area contributed by atoms with Crippen LogP contribution < -0.4 is 5.32 Å². The molecule has 90 valence electrons. The Morgan fingerprint density at radius 3 is 2.94 bits per heavy atom. The third kappa shape index (κ3) is 5.09. The van der Waals surface area contributed by atoms with Crippen LogP contribution in [-0.4, -0.2) is 23.7 Å². The van der Waals surface area contributed by atoms with Crippen LogP contribution >= 0.6 is 27.3 Å². The summed E-state index contributed by atoms with van der Waals surface area (Å²) in [7, 11) is 0. The Kier molecular flexibility index (Phi) is 6.01. The van der Waals surface area contributed by atoms with Gasteiger partial charge in [-0.05, 0) is 47.8 Å². The predicted molar refractivity (Wildman–Crippen MR) is 69.6 cm³/mol. The van der Waals surface area contributed by atoms with Gasteiger partial charge in [0, 0.05) is 17.3 Å². The molecule has 1 rings (SSSR count). The minimum atomic E-state index is -0.150. The lowest BCUT2D eigenvalue weighted by Crippen LogP contribution is -2.34. The third-order valence-electron chi connectivity index (χ3n) is 2.14. The van der Waals surface area contributed by atoms with Crippen LogP contribution in [0.1, 0.15) is 24.6 Å². The van der Waals surface area contributed by atoms with Crippen molar-refractivity contribution >= 4 is 33.2 Å². The SMILES string of the molecule is C[C@@H](CO)NC(=O)CCCc1ccc(Br)s1. The number of aryl methyl sites for hydroxylation is 1. The monoisotopic (exact) mass is 305 g/mol. The van der Waals surface area contributed by atoms with Gasteiger partial charge in [-0.25, -0.2) is 0 Å². The summed E-state index contributed by atoms with van der Waals surface area (Å²) >= 11 is 5.11. The van der Waals surface area contributed by atoms with Gasteiger partial charge in [0.15, 0.2) is 0 Å². The van der Waals surface area contributed by atoms with E-state index in [1.54, 1.807) is 18.3 Å². The summed E-state index contributed by atoms with van der Waals surface area (Å²) in [6.07, 6.45) is 2.29. The lowest BCUT2D eigenvalue weighted by molar-refractivity contribution is -0.122. The van der Waals surface area contributed by atoms with Crippen molar-refractivity contribution in [2.45, 2.75) is 32.2 Å². The van der Waals surface area contributed by atoms with Gasteiger partial charge in [-0.15, -0.1) is 11.3 Å². The average molecular weight is 306 g/mol. The highest BCUT2D eigenvalue weighted by Gasteiger charge is 2.06. The first-order chi connectivity index (χ1) is 7.61. The summed E-state index contributed by atoms with van der Waals surface area (Å²) in [5.74, 6) is 0.0113. The zero-order chi connectivity index (χ0) is 12.0. The molecule has 3 nitrogen and oxygen atoms in total. The molecule has 0 fully saturated rings. The first-order valence-corrected chi connectivity index (χ1v) is 6.87. The minimum absolute atomic E-state index is 0.0103. The van der Waals surface area contributed by atoms with Crippen LogP contribution in [0.25, 0.3) is 0 Å². The van der Waals surface area contributed by atoms with Crippen molar-refractivity contribution in [2.75, 3.05) is 6.61 Å². The van der Waals surface area contributed by atoms with E-state index in [0.717, 1.165) is 16.6 Å². The van der Waals surface area contributed by atoms with Gasteiger partial charge in [-0.3, -0.25) is 4.79 Å². The Morgan fingerprint density at radius 1 is 1.62 bits per heavy atom. The molecule has 0 spiro atoms. The fourth-order valence-corrected chi connectivity index (χ4v) is 2.83. The van der Waals surface area contributed by atoms with Gasteiger partial charge >= 0.3 is 0 Å². The quantitative estimate of drug-likeness (QED) is 0.847. The number of aliphatic hydroxyl groups is 1. The Morgan fingerprint density at radius 2 is 2.38 bits per heavy atom. The molecule has 0 saturated heterocycles. The van der Waals surface area contributed by atoms with Crippen molar-refractivity contribution in [3.8, 4) is 0 Å².